The van der Waals surface area contributed by atoms with E-state index in [0.29, 0.717) is 36.4 Å². The molecule has 2 atom stereocenters. The number of ether oxygens (including phenoxy) is 1. The number of nitrogens with zero attached hydrogens (tertiary/aromatic N) is 2. The molecule has 2 heterocycles. The van der Waals surface area contributed by atoms with E-state index in [1.54, 1.807) is 21.9 Å². The Kier molecular flexibility index (Phi) is 6.95. The highest BCUT2D eigenvalue weighted by Crippen LogP contribution is 2.33. The van der Waals surface area contributed by atoms with Gasteiger partial charge in [-0.25, -0.2) is 0 Å². The van der Waals surface area contributed by atoms with Gasteiger partial charge in [0.15, 0.2) is 0 Å². The van der Waals surface area contributed by atoms with E-state index in [9.17, 15) is 14.4 Å². The molecule has 190 valence electrons. The minimum Gasteiger partial charge on any atom is -0.494 e. The van der Waals surface area contributed by atoms with Crippen molar-refractivity contribution in [3.63, 3.8) is 0 Å². The van der Waals surface area contributed by atoms with E-state index in [1.807, 2.05) is 74.5 Å². The number of carbonyl (C=O) groups is 3. The van der Waals surface area contributed by atoms with Crippen molar-refractivity contribution in [3.8, 4) is 5.75 Å². The molecular weight excluding hydrogens is 466 g/mol. The number of nitrogens with one attached hydrogen (secondary N) is 1. The molecule has 7 nitrogen and oxygen atoms in total. The molecule has 2 aliphatic rings. The number of fused-ring (bicyclic) bond motifs is 2. The van der Waals surface area contributed by atoms with Crippen LogP contribution >= 0.6 is 0 Å². The summed E-state index contributed by atoms with van der Waals surface area (Å²) in [5.41, 5.74) is 3.47. The van der Waals surface area contributed by atoms with Gasteiger partial charge in [-0.3, -0.25) is 14.4 Å². The van der Waals surface area contributed by atoms with Gasteiger partial charge >= 0.3 is 0 Å². The lowest BCUT2D eigenvalue weighted by atomic mass is 10.1. The van der Waals surface area contributed by atoms with E-state index in [2.05, 4.69) is 5.32 Å². The fourth-order valence-corrected chi connectivity index (χ4v) is 5.15. The Balaban J connectivity index is 1.35. The monoisotopic (exact) mass is 497 g/mol. The number of para-hydroxylation sites is 1. The van der Waals surface area contributed by atoms with Gasteiger partial charge in [0.05, 0.1) is 30.4 Å². The molecule has 3 aromatic carbocycles. The van der Waals surface area contributed by atoms with Gasteiger partial charge in [-0.15, -0.1) is 0 Å². The molecule has 1 saturated heterocycles. The van der Waals surface area contributed by atoms with Gasteiger partial charge in [0.1, 0.15) is 11.8 Å². The summed E-state index contributed by atoms with van der Waals surface area (Å²) >= 11 is 0. The first-order chi connectivity index (χ1) is 18.0. The van der Waals surface area contributed by atoms with Crippen LogP contribution in [0.3, 0.4) is 0 Å². The Morgan fingerprint density at radius 1 is 1.05 bits per heavy atom. The summed E-state index contributed by atoms with van der Waals surface area (Å²) < 4.78 is 5.50. The standard InChI is InChI=1S/C30H31N3O4/c1-3-37-24-15-13-22(14-16-24)20(2)31-28(34)23-9-6-8-21(18-23)19-33-26-11-5-4-10-25(26)29(35)32-17-7-12-27(32)30(33)36/h4-6,8-11,13-16,18,20,27H,3,7,12,17,19H2,1-2H3,(H,31,34)/t20-,27+/m0/s1. The Hall–Kier alpha value is -4.13. The number of hydrogen-bond donors (Lipinski definition) is 1. The maximum Gasteiger partial charge on any atom is 0.256 e. The van der Waals surface area contributed by atoms with Crippen molar-refractivity contribution in [2.45, 2.75) is 45.3 Å². The summed E-state index contributed by atoms with van der Waals surface area (Å²) in [6, 6.07) is 21.6. The summed E-state index contributed by atoms with van der Waals surface area (Å²) in [6.45, 7) is 5.36. The van der Waals surface area contributed by atoms with Crippen molar-refractivity contribution < 1.29 is 19.1 Å². The number of benzene rings is 3. The third kappa shape index (κ3) is 4.94. The molecule has 0 bridgehead atoms. The molecule has 0 aromatic heterocycles. The van der Waals surface area contributed by atoms with E-state index >= 15 is 0 Å². The van der Waals surface area contributed by atoms with E-state index < -0.39 is 6.04 Å². The molecule has 37 heavy (non-hydrogen) atoms. The molecule has 0 unspecified atom stereocenters. The van der Waals surface area contributed by atoms with E-state index in [0.717, 1.165) is 23.3 Å². The normalized spacial score (nSPS) is 17.6. The smallest absolute Gasteiger partial charge is 0.256 e. The number of carbonyl (C=O) groups excluding carboxylic acids is 3. The second-order valence-electron chi connectivity index (χ2n) is 9.50. The largest absolute Gasteiger partial charge is 0.494 e. The summed E-state index contributed by atoms with van der Waals surface area (Å²) in [6.07, 6.45) is 1.49. The molecule has 7 heteroatoms. The van der Waals surface area contributed by atoms with Crippen molar-refractivity contribution in [2.24, 2.45) is 0 Å². The lowest BCUT2D eigenvalue weighted by Gasteiger charge is -2.26. The Morgan fingerprint density at radius 2 is 1.84 bits per heavy atom. The predicted molar refractivity (Wildman–Crippen MR) is 142 cm³/mol. The highest BCUT2D eigenvalue weighted by molar-refractivity contribution is 6.11. The first-order valence-electron chi connectivity index (χ1n) is 12.8. The van der Waals surface area contributed by atoms with Crippen LogP contribution in [0.2, 0.25) is 0 Å². The van der Waals surface area contributed by atoms with Gasteiger partial charge in [0.25, 0.3) is 11.8 Å². The maximum absolute atomic E-state index is 13.6. The fraction of sp³-hybridized carbons (Fsp3) is 0.300. The van der Waals surface area contributed by atoms with Crippen LogP contribution in [-0.2, 0) is 11.3 Å². The van der Waals surface area contributed by atoms with Gasteiger partial charge in [-0.2, -0.15) is 0 Å². The molecule has 3 aromatic rings. The molecule has 0 spiro atoms. The molecule has 2 aliphatic heterocycles. The molecule has 3 amide bonds. The third-order valence-corrected chi connectivity index (χ3v) is 7.06. The molecule has 5 rings (SSSR count). The Bertz CT molecular complexity index is 1320. The fourth-order valence-electron chi connectivity index (χ4n) is 5.15. The molecule has 0 saturated carbocycles. The Labute approximate surface area is 217 Å². The quantitative estimate of drug-likeness (QED) is 0.512. The number of amides is 3. The van der Waals surface area contributed by atoms with Crippen molar-refractivity contribution in [1.82, 2.24) is 10.2 Å². The van der Waals surface area contributed by atoms with E-state index in [1.165, 1.54) is 0 Å². The summed E-state index contributed by atoms with van der Waals surface area (Å²) in [7, 11) is 0. The molecular formula is C30H31N3O4. The zero-order chi connectivity index (χ0) is 25.9. The average molecular weight is 498 g/mol. The van der Waals surface area contributed by atoms with Gasteiger partial charge < -0.3 is 19.9 Å². The number of hydrogen-bond acceptors (Lipinski definition) is 4. The summed E-state index contributed by atoms with van der Waals surface area (Å²) in [4.78, 5) is 43.2. The van der Waals surface area contributed by atoms with Gasteiger partial charge in [0, 0.05) is 12.1 Å². The van der Waals surface area contributed by atoms with E-state index in [-0.39, 0.29) is 30.3 Å². The second-order valence-corrected chi connectivity index (χ2v) is 9.50. The van der Waals surface area contributed by atoms with Crippen molar-refractivity contribution in [3.05, 3.63) is 95.1 Å². The van der Waals surface area contributed by atoms with Gasteiger partial charge in [-0.05, 0) is 74.2 Å². The lowest BCUT2D eigenvalue weighted by Crippen LogP contribution is -2.44. The van der Waals surface area contributed by atoms with E-state index in [4.69, 9.17) is 4.74 Å². The molecule has 1 N–H and O–H groups in total. The van der Waals surface area contributed by atoms with Crippen LogP contribution in [-0.4, -0.2) is 41.8 Å². The first-order valence-corrected chi connectivity index (χ1v) is 12.8. The van der Waals surface area contributed by atoms with Crippen LogP contribution in [0, 0.1) is 0 Å². The van der Waals surface area contributed by atoms with Crippen LogP contribution in [0.15, 0.2) is 72.8 Å². The van der Waals surface area contributed by atoms with Gasteiger partial charge in [0.2, 0.25) is 5.91 Å². The minimum atomic E-state index is -0.443. The number of rotatable bonds is 7. The van der Waals surface area contributed by atoms with Crippen molar-refractivity contribution in [1.29, 1.82) is 0 Å². The second kappa shape index (κ2) is 10.5. The highest BCUT2D eigenvalue weighted by atomic mass is 16.5. The highest BCUT2D eigenvalue weighted by Gasteiger charge is 2.41. The SMILES string of the molecule is CCOc1ccc([C@H](C)NC(=O)c2cccc(CN3C(=O)[C@H]4CCCN4C(=O)c4ccccc43)c2)cc1. The zero-order valence-corrected chi connectivity index (χ0v) is 21.1. The third-order valence-electron chi connectivity index (χ3n) is 7.06. The van der Waals surface area contributed by atoms with Crippen LogP contribution in [0.4, 0.5) is 5.69 Å². The average Bonchev–Trinajstić information content (AvgIpc) is 3.39. The van der Waals surface area contributed by atoms with Crippen LogP contribution < -0.4 is 15.0 Å². The number of anilines is 1. The first kappa shape index (κ1) is 24.6. The van der Waals surface area contributed by atoms with Crippen molar-refractivity contribution >= 4 is 23.4 Å². The Morgan fingerprint density at radius 3 is 2.62 bits per heavy atom. The molecule has 0 aliphatic carbocycles. The van der Waals surface area contributed by atoms with Gasteiger partial charge in [-0.1, -0.05) is 36.4 Å². The minimum absolute atomic E-state index is 0.0743. The van der Waals surface area contributed by atoms with Crippen LogP contribution in [0.5, 0.6) is 5.75 Å². The molecule has 1 fully saturated rings. The van der Waals surface area contributed by atoms with Crippen LogP contribution in [0.25, 0.3) is 0 Å². The zero-order valence-electron chi connectivity index (χ0n) is 21.1. The summed E-state index contributed by atoms with van der Waals surface area (Å²) in [5, 5.41) is 3.05. The van der Waals surface area contributed by atoms with Crippen LogP contribution in [0.1, 0.15) is 64.6 Å². The van der Waals surface area contributed by atoms with Crippen molar-refractivity contribution in [2.75, 3.05) is 18.1 Å². The maximum atomic E-state index is 13.6. The predicted octanol–water partition coefficient (Wildman–Crippen LogP) is 4.73. The lowest BCUT2D eigenvalue weighted by molar-refractivity contribution is -0.122. The summed E-state index contributed by atoms with van der Waals surface area (Å²) in [5.74, 6) is 0.438. The topological polar surface area (TPSA) is 79.0 Å². The molecule has 0 radical (unpaired) electrons.